The number of nitrogens with one attached hydrogen (secondary N) is 1. The van der Waals surface area contributed by atoms with Gasteiger partial charge in [-0.2, -0.15) is 0 Å². The van der Waals surface area contributed by atoms with Crippen LogP contribution in [0.25, 0.3) is 0 Å². The van der Waals surface area contributed by atoms with Gasteiger partial charge in [-0.1, -0.05) is 57.0 Å². The van der Waals surface area contributed by atoms with Crippen LogP contribution in [-0.4, -0.2) is 11.7 Å². The number of phenolic OH excluding ortho intramolecular Hbond substituents is 1. The molecule has 0 atom stereocenters. The quantitative estimate of drug-likeness (QED) is 0.476. The maximum Gasteiger partial charge on any atom is 0.140 e. The summed E-state index contributed by atoms with van der Waals surface area (Å²) in [6.45, 7) is 3.14. The largest absolute Gasteiger partial charge is 0.506 e. The molecule has 0 aromatic heterocycles. The lowest BCUT2D eigenvalue weighted by molar-refractivity contribution is 0.477. The van der Waals surface area contributed by atoms with Gasteiger partial charge in [-0.3, -0.25) is 0 Å². The molecule has 0 radical (unpaired) electrons. The zero-order valence-electron chi connectivity index (χ0n) is 11.2. The molecule has 0 aliphatic rings. The molecule has 0 unspecified atom stereocenters. The Balaban J connectivity index is 2.07. The first-order chi connectivity index (χ1) is 8.74. The van der Waals surface area contributed by atoms with Crippen LogP contribution in [0.1, 0.15) is 51.9 Å². The van der Waals surface area contributed by atoms with Crippen LogP contribution in [0, 0.1) is 0 Å². The molecule has 1 aromatic carbocycles. The Morgan fingerprint density at radius 1 is 1.06 bits per heavy atom. The highest BCUT2D eigenvalue weighted by atomic mass is 35.5. The molecule has 3 heteroatoms. The average molecular weight is 270 g/mol. The lowest BCUT2D eigenvalue weighted by Crippen LogP contribution is -2.01. The van der Waals surface area contributed by atoms with Crippen LogP contribution < -0.4 is 5.32 Å². The number of rotatable bonds is 9. The third-order valence-corrected chi connectivity index (χ3v) is 3.29. The number of hydrogen-bond acceptors (Lipinski definition) is 2. The number of halogens is 1. The van der Waals surface area contributed by atoms with Crippen molar-refractivity contribution >= 4 is 17.3 Å². The standard InChI is InChI=1S/C15H24ClNO/c1-2-3-4-5-6-7-8-11-17-14-10-9-13(16)12-15(14)18/h9-10,12,17-18H,2-8,11H2,1H3. The summed E-state index contributed by atoms with van der Waals surface area (Å²) in [4.78, 5) is 0. The molecule has 102 valence electrons. The molecule has 0 aliphatic heterocycles. The van der Waals surface area contributed by atoms with Crippen molar-refractivity contribution in [2.24, 2.45) is 0 Å². The van der Waals surface area contributed by atoms with Crippen molar-refractivity contribution in [3.05, 3.63) is 23.2 Å². The molecule has 0 saturated heterocycles. The molecule has 0 bridgehead atoms. The molecule has 0 fully saturated rings. The Kier molecular flexibility index (Phi) is 7.66. The van der Waals surface area contributed by atoms with Gasteiger partial charge < -0.3 is 10.4 Å². The molecule has 0 heterocycles. The second-order valence-electron chi connectivity index (χ2n) is 4.71. The fourth-order valence-corrected chi connectivity index (χ4v) is 2.13. The minimum atomic E-state index is 0.227. The van der Waals surface area contributed by atoms with Gasteiger partial charge in [0, 0.05) is 17.6 Å². The van der Waals surface area contributed by atoms with Crippen LogP contribution in [0.2, 0.25) is 5.02 Å². The van der Waals surface area contributed by atoms with E-state index >= 15 is 0 Å². The summed E-state index contributed by atoms with van der Waals surface area (Å²) in [6.07, 6.45) is 9.09. The Labute approximate surface area is 115 Å². The number of hydrogen-bond donors (Lipinski definition) is 2. The van der Waals surface area contributed by atoms with Crippen molar-refractivity contribution in [1.29, 1.82) is 0 Å². The second-order valence-corrected chi connectivity index (χ2v) is 5.15. The zero-order valence-corrected chi connectivity index (χ0v) is 12.0. The van der Waals surface area contributed by atoms with Gasteiger partial charge in [0.1, 0.15) is 5.75 Å². The summed E-state index contributed by atoms with van der Waals surface area (Å²) < 4.78 is 0. The van der Waals surface area contributed by atoms with Gasteiger partial charge in [0.15, 0.2) is 0 Å². The molecular formula is C15H24ClNO. The topological polar surface area (TPSA) is 32.3 Å². The van der Waals surface area contributed by atoms with Gasteiger partial charge in [-0.25, -0.2) is 0 Å². The van der Waals surface area contributed by atoms with E-state index in [1.807, 2.05) is 6.07 Å². The Morgan fingerprint density at radius 2 is 1.72 bits per heavy atom. The smallest absolute Gasteiger partial charge is 0.140 e. The lowest BCUT2D eigenvalue weighted by atomic mass is 10.1. The van der Waals surface area contributed by atoms with Gasteiger partial charge in [0.2, 0.25) is 0 Å². The van der Waals surface area contributed by atoms with E-state index in [2.05, 4.69) is 12.2 Å². The highest BCUT2D eigenvalue weighted by molar-refractivity contribution is 6.30. The summed E-state index contributed by atoms with van der Waals surface area (Å²) in [6, 6.07) is 5.17. The summed E-state index contributed by atoms with van der Waals surface area (Å²) in [5, 5.41) is 13.4. The maximum atomic E-state index is 9.64. The zero-order chi connectivity index (χ0) is 13.2. The van der Waals surface area contributed by atoms with Gasteiger partial charge in [-0.15, -0.1) is 0 Å². The molecule has 1 rings (SSSR count). The monoisotopic (exact) mass is 269 g/mol. The number of anilines is 1. The first-order valence-electron chi connectivity index (χ1n) is 6.96. The van der Waals surface area contributed by atoms with Gasteiger partial charge in [-0.05, 0) is 18.6 Å². The molecule has 18 heavy (non-hydrogen) atoms. The molecule has 2 nitrogen and oxygen atoms in total. The maximum absolute atomic E-state index is 9.64. The Morgan fingerprint density at radius 3 is 2.39 bits per heavy atom. The van der Waals surface area contributed by atoms with E-state index in [4.69, 9.17) is 11.6 Å². The van der Waals surface area contributed by atoms with Crippen LogP contribution >= 0.6 is 11.6 Å². The highest BCUT2D eigenvalue weighted by Gasteiger charge is 2.00. The van der Waals surface area contributed by atoms with Gasteiger partial charge in [0.25, 0.3) is 0 Å². The molecule has 0 spiro atoms. The minimum Gasteiger partial charge on any atom is -0.506 e. The molecule has 1 aromatic rings. The molecule has 0 aliphatic carbocycles. The average Bonchev–Trinajstić information content (AvgIpc) is 2.35. The normalized spacial score (nSPS) is 10.6. The highest BCUT2D eigenvalue weighted by Crippen LogP contribution is 2.26. The summed E-state index contributed by atoms with van der Waals surface area (Å²) in [7, 11) is 0. The van der Waals surface area contributed by atoms with Crippen molar-refractivity contribution in [3.8, 4) is 5.75 Å². The number of unbranched alkanes of at least 4 members (excludes halogenated alkanes) is 6. The van der Waals surface area contributed by atoms with Gasteiger partial charge in [0.05, 0.1) is 5.69 Å². The van der Waals surface area contributed by atoms with E-state index in [1.165, 1.54) is 38.5 Å². The van der Waals surface area contributed by atoms with Crippen LogP contribution in [0.3, 0.4) is 0 Å². The molecule has 2 N–H and O–H groups in total. The van der Waals surface area contributed by atoms with E-state index in [1.54, 1.807) is 12.1 Å². The lowest BCUT2D eigenvalue weighted by Gasteiger charge is -2.08. The fraction of sp³-hybridized carbons (Fsp3) is 0.600. The summed E-state index contributed by atoms with van der Waals surface area (Å²) in [5.74, 6) is 0.227. The number of benzene rings is 1. The molecular weight excluding hydrogens is 246 g/mol. The Hall–Kier alpha value is -0.890. The SMILES string of the molecule is CCCCCCCCCNc1ccc(Cl)cc1O. The minimum absolute atomic E-state index is 0.227. The van der Waals surface area contributed by atoms with Crippen molar-refractivity contribution < 1.29 is 5.11 Å². The summed E-state index contributed by atoms with van der Waals surface area (Å²) >= 11 is 5.77. The van der Waals surface area contributed by atoms with Crippen LogP contribution in [-0.2, 0) is 0 Å². The molecule has 0 amide bonds. The number of aromatic hydroxyl groups is 1. The van der Waals surface area contributed by atoms with E-state index in [9.17, 15) is 5.11 Å². The number of phenols is 1. The predicted octanol–water partition coefficient (Wildman–Crippen LogP) is 5.21. The first kappa shape index (κ1) is 15.2. The summed E-state index contributed by atoms with van der Waals surface area (Å²) in [5.41, 5.74) is 0.769. The Bertz CT molecular complexity index is 341. The van der Waals surface area contributed by atoms with Crippen molar-refractivity contribution in [3.63, 3.8) is 0 Å². The second kappa shape index (κ2) is 9.09. The van der Waals surface area contributed by atoms with E-state index in [0.717, 1.165) is 18.7 Å². The van der Waals surface area contributed by atoms with E-state index in [0.29, 0.717) is 5.02 Å². The fourth-order valence-electron chi connectivity index (χ4n) is 1.96. The van der Waals surface area contributed by atoms with Crippen molar-refractivity contribution in [1.82, 2.24) is 0 Å². The van der Waals surface area contributed by atoms with Crippen LogP contribution in [0.15, 0.2) is 18.2 Å². The van der Waals surface area contributed by atoms with Crippen molar-refractivity contribution in [2.45, 2.75) is 51.9 Å². The van der Waals surface area contributed by atoms with E-state index < -0.39 is 0 Å². The third kappa shape index (κ3) is 6.15. The third-order valence-electron chi connectivity index (χ3n) is 3.06. The van der Waals surface area contributed by atoms with Crippen LogP contribution in [0.5, 0.6) is 5.75 Å². The predicted molar refractivity (Wildman–Crippen MR) is 79.6 cm³/mol. The van der Waals surface area contributed by atoms with Gasteiger partial charge >= 0.3 is 0 Å². The van der Waals surface area contributed by atoms with Crippen molar-refractivity contribution in [2.75, 3.05) is 11.9 Å². The first-order valence-corrected chi connectivity index (χ1v) is 7.34. The van der Waals surface area contributed by atoms with E-state index in [-0.39, 0.29) is 5.75 Å². The molecule has 0 saturated carbocycles. The van der Waals surface area contributed by atoms with Crippen LogP contribution in [0.4, 0.5) is 5.69 Å².